The van der Waals surface area contributed by atoms with Gasteiger partial charge in [0.1, 0.15) is 5.69 Å². The minimum absolute atomic E-state index is 0.317. The fourth-order valence-corrected chi connectivity index (χ4v) is 2.11. The zero-order chi connectivity index (χ0) is 13.1. The summed E-state index contributed by atoms with van der Waals surface area (Å²) in [4.78, 5) is 0. The maximum Gasteiger partial charge on any atom is 0.161 e. The fraction of sp³-hybridized carbons (Fsp3) is 0.250. The summed E-state index contributed by atoms with van der Waals surface area (Å²) in [7, 11) is 3.18. The van der Waals surface area contributed by atoms with Crippen LogP contribution in [0.5, 0.6) is 11.5 Å². The maximum absolute atomic E-state index is 5.49. The number of halogens is 1. The van der Waals surface area contributed by atoms with Crippen molar-refractivity contribution in [1.82, 2.24) is 5.16 Å². The Labute approximate surface area is 113 Å². The molecule has 0 unspecified atom stereocenters. The maximum atomic E-state index is 5.49. The van der Waals surface area contributed by atoms with Gasteiger partial charge in [0.2, 0.25) is 0 Å². The molecule has 0 amide bonds. The second-order valence-electron chi connectivity index (χ2n) is 3.57. The SMILES string of the molecule is COc1cc(Br)c(-c2cc(CN)on2)cc1OC. The number of nitrogens with two attached hydrogens (primary N) is 1. The Kier molecular flexibility index (Phi) is 3.88. The molecule has 18 heavy (non-hydrogen) atoms. The molecule has 0 atom stereocenters. The quantitative estimate of drug-likeness (QED) is 0.939. The molecule has 0 saturated heterocycles. The summed E-state index contributed by atoms with van der Waals surface area (Å²) in [5.41, 5.74) is 7.05. The second kappa shape index (κ2) is 5.41. The summed E-state index contributed by atoms with van der Waals surface area (Å²) in [6, 6.07) is 5.46. The number of rotatable bonds is 4. The molecule has 0 aliphatic heterocycles. The van der Waals surface area contributed by atoms with Gasteiger partial charge in [0, 0.05) is 16.1 Å². The topological polar surface area (TPSA) is 70.5 Å². The third-order valence-electron chi connectivity index (χ3n) is 2.51. The van der Waals surface area contributed by atoms with Crippen molar-refractivity contribution in [2.75, 3.05) is 14.2 Å². The van der Waals surface area contributed by atoms with Crippen LogP contribution in [0.3, 0.4) is 0 Å². The predicted octanol–water partition coefficient (Wildman–Crippen LogP) is 2.58. The molecular formula is C12H13BrN2O3. The summed E-state index contributed by atoms with van der Waals surface area (Å²) < 4.78 is 16.4. The van der Waals surface area contributed by atoms with Gasteiger partial charge < -0.3 is 19.7 Å². The van der Waals surface area contributed by atoms with E-state index in [-0.39, 0.29) is 0 Å². The number of benzene rings is 1. The highest BCUT2D eigenvalue weighted by atomic mass is 79.9. The predicted molar refractivity (Wildman–Crippen MR) is 70.6 cm³/mol. The minimum atomic E-state index is 0.317. The van der Waals surface area contributed by atoms with Gasteiger partial charge in [-0.1, -0.05) is 5.16 Å². The smallest absolute Gasteiger partial charge is 0.161 e. The molecule has 2 aromatic rings. The van der Waals surface area contributed by atoms with E-state index in [2.05, 4.69) is 21.1 Å². The van der Waals surface area contributed by atoms with Crippen molar-refractivity contribution in [2.24, 2.45) is 5.73 Å². The summed E-state index contributed by atoms with van der Waals surface area (Å²) in [6.07, 6.45) is 0. The summed E-state index contributed by atoms with van der Waals surface area (Å²) in [5, 5.41) is 3.97. The van der Waals surface area contributed by atoms with E-state index in [1.165, 1.54) is 0 Å². The van der Waals surface area contributed by atoms with Crippen molar-refractivity contribution in [1.29, 1.82) is 0 Å². The first kappa shape index (κ1) is 12.9. The van der Waals surface area contributed by atoms with Crippen LogP contribution in [0.25, 0.3) is 11.3 Å². The van der Waals surface area contributed by atoms with E-state index in [4.69, 9.17) is 19.7 Å². The average molecular weight is 313 g/mol. The fourth-order valence-electron chi connectivity index (χ4n) is 1.59. The zero-order valence-electron chi connectivity index (χ0n) is 10.1. The molecule has 6 heteroatoms. The second-order valence-corrected chi connectivity index (χ2v) is 4.42. The lowest BCUT2D eigenvalue weighted by Gasteiger charge is -2.10. The summed E-state index contributed by atoms with van der Waals surface area (Å²) in [5.74, 6) is 1.91. The van der Waals surface area contributed by atoms with Crippen LogP contribution >= 0.6 is 15.9 Å². The zero-order valence-corrected chi connectivity index (χ0v) is 11.7. The molecule has 2 rings (SSSR count). The number of hydrogen-bond acceptors (Lipinski definition) is 5. The standard InChI is InChI=1S/C12H13BrN2O3/c1-16-11-4-8(9(13)5-12(11)17-2)10-3-7(6-14)18-15-10/h3-5H,6,14H2,1-2H3. The lowest BCUT2D eigenvalue weighted by Crippen LogP contribution is -1.93. The van der Waals surface area contributed by atoms with Crippen molar-refractivity contribution in [3.8, 4) is 22.8 Å². The van der Waals surface area contributed by atoms with Crippen LogP contribution in [0.2, 0.25) is 0 Å². The van der Waals surface area contributed by atoms with E-state index >= 15 is 0 Å². The summed E-state index contributed by atoms with van der Waals surface area (Å²) in [6.45, 7) is 0.317. The van der Waals surface area contributed by atoms with Crippen molar-refractivity contribution < 1.29 is 14.0 Å². The number of nitrogens with zero attached hydrogens (tertiary/aromatic N) is 1. The van der Waals surface area contributed by atoms with Crippen LogP contribution < -0.4 is 15.2 Å². The van der Waals surface area contributed by atoms with Crippen LogP contribution in [-0.2, 0) is 6.54 Å². The normalized spacial score (nSPS) is 10.4. The van der Waals surface area contributed by atoms with Gasteiger partial charge in [-0.15, -0.1) is 0 Å². The molecule has 0 saturated carbocycles. The van der Waals surface area contributed by atoms with Gasteiger partial charge in [0.05, 0.1) is 20.8 Å². The molecule has 0 aliphatic carbocycles. The molecule has 0 spiro atoms. The lowest BCUT2D eigenvalue weighted by molar-refractivity contribution is 0.355. The molecule has 1 heterocycles. The molecule has 0 aliphatic rings. The third kappa shape index (κ3) is 2.34. The Morgan fingerprint density at radius 2 is 1.89 bits per heavy atom. The summed E-state index contributed by atoms with van der Waals surface area (Å²) >= 11 is 3.47. The minimum Gasteiger partial charge on any atom is -0.493 e. The molecule has 1 aromatic carbocycles. The Morgan fingerprint density at radius 1 is 1.22 bits per heavy atom. The van der Waals surface area contributed by atoms with E-state index in [1.54, 1.807) is 20.3 Å². The largest absolute Gasteiger partial charge is 0.493 e. The number of ether oxygens (including phenoxy) is 2. The monoisotopic (exact) mass is 312 g/mol. The van der Waals surface area contributed by atoms with Gasteiger partial charge >= 0.3 is 0 Å². The molecular weight excluding hydrogens is 300 g/mol. The molecule has 0 radical (unpaired) electrons. The first-order valence-corrected chi connectivity index (χ1v) is 6.06. The lowest BCUT2D eigenvalue weighted by atomic mass is 10.1. The van der Waals surface area contributed by atoms with Gasteiger partial charge in [-0.3, -0.25) is 0 Å². The average Bonchev–Trinajstić information content (AvgIpc) is 2.86. The number of methoxy groups -OCH3 is 2. The number of aromatic nitrogens is 1. The van der Waals surface area contributed by atoms with Crippen molar-refractivity contribution in [2.45, 2.75) is 6.54 Å². The van der Waals surface area contributed by atoms with E-state index in [0.717, 1.165) is 10.0 Å². The Balaban J connectivity index is 2.50. The molecule has 1 aromatic heterocycles. The van der Waals surface area contributed by atoms with Crippen LogP contribution in [0.4, 0.5) is 0 Å². The van der Waals surface area contributed by atoms with Gasteiger partial charge in [-0.25, -0.2) is 0 Å². The highest BCUT2D eigenvalue weighted by Crippen LogP contribution is 2.38. The van der Waals surface area contributed by atoms with Crippen molar-refractivity contribution in [3.05, 3.63) is 28.4 Å². The highest BCUT2D eigenvalue weighted by molar-refractivity contribution is 9.10. The first-order chi connectivity index (χ1) is 8.69. The Bertz CT molecular complexity index is 554. The van der Waals surface area contributed by atoms with Gasteiger partial charge in [0.25, 0.3) is 0 Å². The molecule has 5 nitrogen and oxygen atoms in total. The Hall–Kier alpha value is -1.53. The van der Waals surface area contributed by atoms with Crippen LogP contribution in [-0.4, -0.2) is 19.4 Å². The van der Waals surface area contributed by atoms with Crippen molar-refractivity contribution >= 4 is 15.9 Å². The van der Waals surface area contributed by atoms with Gasteiger partial charge in [-0.05, 0) is 28.1 Å². The number of hydrogen-bond donors (Lipinski definition) is 1. The molecule has 0 bridgehead atoms. The van der Waals surface area contributed by atoms with Gasteiger partial charge in [-0.2, -0.15) is 0 Å². The van der Waals surface area contributed by atoms with Crippen molar-refractivity contribution in [3.63, 3.8) is 0 Å². The molecule has 2 N–H and O–H groups in total. The first-order valence-electron chi connectivity index (χ1n) is 5.27. The van der Waals surface area contributed by atoms with Gasteiger partial charge in [0.15, 0.2) is 17.3 Å². The van der Waals surface area contributed by atoms with E-state index in [0.29, 0.717) is 29.5 Å². The Morgan fingerprint density at radius 3 is 2.44 bits per heavy atom. The van der Waals surface area contributed by atoms with E-state index in [9.17, 15) is 0 Å². The van der Waals surface area contributed by atoms with E-state index < -0.39 is 0 Å². The van der Waals surface area contributed by atoms with Crippen LogP contribution in [0.1, 0.15) is 5.76 Å². The molecule has 96 valence electrons. The third-order valence-corrected chi connectivity index (χ3v) is 3.17. The van der Waals surface area contributed by atoms with Crippen LogP contribution in [0.15, 0.2) is 27.2 Å². The van der Waals surface area contributed by atoms with E-state index in [1.807, 2.05) is 12.1 Å². The highest BCUT2D eigenvalue weighted by Gasteiger charge is 2.14. The van der Waals surface area contributed by atoms with Crippen LogP contribution in [0, 0.1) is 0 Å². The molecule has 0 fully saturated rings.